The van der Waals surface area contributed by atoms with Crippen molar-refractivity contribution in [2.24, 2.45) is 0 Å². The molecule has 0 saturated heterocycles. The van der Waals surface area contributed by atoms with Crippen LogP contribution in [-0.2, 0) is 10.4 Å². The van der Waals surface area contributed by atoms with Gasteiger partial charge in [-0.25, -0.2) is 4.79 Å². The molecule has 0 aliphatic carbocycles. The molecule has 0 spiro atoms. The molecule has 2 rings (SSSR count). The Labute approximate surface area is 130 Å². The third-order valence-corrected chi connectivity index (χ3v) is 3.68. The van der Waals surface area contributed by atoms with E-state index in [-0.39, 0.29) is 11.7 Å². The monoisotopic (exact) mass is 300 g/mol. The Bertz CT molecular complexity index is 664. The number of ether oxygens (including phenoxy) is 1. The van der Waals surface area contributed by atoms with Crippen LogP contribution in [0.5, 0.6) is 11.5 Å². The van der Waals surface area contributed by atoms with Crippen molar-refractivity contribution in [3.63, 3.8) is 0 Å². The Morgan fingerprint density at radius 3 is 2.32 bits per heavy atom. The highest BCUT2D eigenvalue weighted by Gasteiger charge is 2.37. The molecule has 0 saturated carbocycles. The van der Waals surface area contributed by atoms with Crippen molar-refractivity contribution in [1.29, 1.82) is 0 Å². The third kappa shape index (κ3) is 3.06. The zero-order valence-corrected chi connectivity index (χ0v) is 12.9. The maximum atomic E-state index is 11.7. The Morgan fingerprint density at radius 2 is 1.77 bits per heavy atom. The zero-order valence-electron chi connectivity index (χ0n) is 12.9. The largest absolute Gasteiger partial charge is 0.508 e. The zero-order chi connectivity index (χ0) is 16.3. The number of aliphatic carboxylic acids is 1. The molecule has 0 heterocycles. The van der Waals surface area contributed by atoms with Gasteiger partial charge >= 0.3 is 5.97 Å². The predicted octanol–water partition coefficient (Wildman–Crippen LogP) is 3.89. The molecule has 2 aromatic rings. The maximum absolute atomic E-state index is 11.7. The topological polar surface area (TPSA) is 66.8 Å². The smallest absolute Gasteiger partial charge is 0.352 e. The summed E-state index contributed by atoms with van der Waals surface area (Å²) < 4.78 is 5.78. The van der Waals surface area contributed by atoms with E-state index in [0.29, 0.717) is 11.3 Å². The summed E-state index contributed by atoms with van der Waals surface area (Å²) in [4.78, 5) is 11.7. The summed E-state index contributed by atoms with van der Waals surface area (Å²) in [6.07, 6.45) is 0. The van der Waals surface area contributed by atoms with E-state index in [1.54, 1.807) is 36.4 Å². The molecule has 0 radical (unpaired) electrons. The van der Waals surface area contributed by atoms with Gasteiger partial charge in [0.05, 0.1) is 0 Å². The quantitative estimate of drug-likeness (QED) is 0.879. The van der Waals surface area contributed by atoms with E-state index in [1.165, 1.54) is 13.0 Å². The minimum atomic E-state index is -1.49. The van der Waals surface area contributed by atoms with Crippen molar-refractivity contribution in [1.82, 2.24) is 0 Å². The number of hydrogen-bond donors (Lipinski definition) is 2. The molecule has 1 unspecified atom stereocenters. The Hall–Kier alpha value is -2.49. The minimum Gasteiger partial charge on any atom is -0.508 e. The van der Waals surface area contributed by atoms with Crippen LogP contribution in [0.3, 0.4) is 0 Å². The normalized spacial score (nSPS) is 13.6. The summed E-state index contributed by atoms with van der Waals surface area (Å²) >= 11 is 0. The van der Waals surface area contributed by atoms with Crippen molar-refractivity contribution >= 4 is 5.97 Å². The SMILES string of the molecule is CC(C)c1cc(OC(C)(C(=O)O)c2ccccc2)ccc1O. The fraction of sp³-hybridized carbons (Fsp3) is 0.278. The van der Waals surface area contributed by atoms with Crippen LogP contribution in [0.15, 0.2) is 48.5 Å². The first kappa shape index (κ1) is 15.9. The number of benzene rings is 2. The van der Waals surface area contributed by atoms with Crippen LogP contribution in [0.25, 0.3) is 0 Å². The molecule has 0 fully saturated rings. The molecular weight excluding hydrogens is 280 g/mol. The van der Waals surface area contributed by atoms with Crippen LogP contribution >= 0.6 is 0 Å². The van der Waals surface area contributed by atoms with Crippen molar-refractivity contribution in [2.45, 2.75) is 32.3 Å². The molecule has 2 N–H and O–H groups in total. The molecule has 0 aromatic heterocycles. The predicted molar refractivity (Wildman–Crippen MR) is 84.3 cm³/mol. The van der Waals surface area contributed by atoms with Crippen molar-refractivity contribution in [3.05, 3.63) is 59.7 Å². The summed E-state index contributed by atoms with van der Waals surface area (Å²) in [6, 6.07) is 13.6. The molecule has 22 heavy (non-hydrogen) atoms. The van der Waals surface area contributed by atoms with Crippen LogP contribution < -0.4 is 4.74 Å². The van der Waals surface area contributed by atoms with Gasteiger partial charge in [-0.2, -0.15) is 0 Å². The van der Waals surface area contributed by atoms with E-state index >= 15 is 0 Å². The van der Waals surface area contributed by atoms with Gasteiger partial charge in [-0.15, -0.1) is 0 Å². The number of carboxylic acids is 1. The summed E-state index contributed by atoms with van der Waals surface area (Å²) in [6.45, 7) is 5.42. The van der Waals surface area contributed by atoms with E-state index in [1.807, 2.05) is 19.9 Å². The van der Waals surface area contributed by atoms with Gasteiger partial charge in [0.1, 0.15) is 11.5 Å². The number of phenols is 1. The molecule has 0 aliphatic rings. The number of phenolic OH excluding ortho intramolecular Hbond substituents is 1. The van der Waals surface area contributed by atoms with Crippen LogP contribution in [-0.4, -0.2) is 16.2 Å². The van der Waals surface area contributed by atoms with Crippen molar-refractivity contribution in [2.75, 3.05) is 0 Å². The van der Waals surface area contributed by atoms with E-state index in [9.17, 15) is 15.0 Å². The highest BCUT2D eigenvalue weighted by molar-refractivity contribution is 5.79. The van der Waals surface area contributed by atoms with Crippen molar-refractivity contribution in [3.8, 4) is 11.5 Å². The molecular formula is C18H20O4. The first-order valence-corrected chi connectivity index (χ1v) is 7.15. The number of rotatable bonds is 5. The van der Waals surface area contributed by atoms with Crippen molar-refractivity contribution < 1.29 is 19.7 Å². The molecule has 116 valence electrons. The lowest BCUT2D eigenvalue weighted by atomic mass is 9.95. The van der Waals surface area contributed by atoms with Gasteiger partial charge in [0, 0.05) is 11.1 Å². The average Bonchev–Trinajstić information content (AvgIpc) is 2.49. The lowest BCUT2D eigenvalue weighted by molar-refractivity contribution is -0.154. The molecule has 0 bridgehead atoms. The summed E-state index contributed by atoms with van der Waals surface area (Å²) in [5.41, 5.74) is -0.216. The second kappa shape index (κ2) is 6.10. The lowest BCUT2D eigenvalue weighted by Gasteiger charge is -2.27. The number of carboxylic acid groups (broad SMARTS) is 1. The molecule has 4 heteroatoms. The Balaban J connectivity index is 2.41. The van der Waals surface area contributed by atoms with E-state index < -0.39 is 11.6 Å². The summed E-state index contributed by atoms with van der Waals surface area (Å²) in [5.74, 6) is -0.372. The van der Waals surface area contributed by atoms with Crippen LogP contribution in [0.1, 0.15) is 37.8 Å². The second-order valence-electron chi connectivity index (χ2n) is 5.68. The molecule has 0 aliphatic heterocycles. The minimum absolute atomic E-state index is 0.108. The van der Waals surface area contributed by atoms with Gasteiger partial charge in [-0.1, -0.05) is 44.2 Å². The molecule has 1 atom stereocenters. The van der Waals surface area contributed by atoms with Crippen LogP contribution in [0, 0.1) is 0 Å². The molecule has 2 aromatic carbocycles. The second-order valence-corrected chi connectivity index (χ2v) is 5.68. The maximum Gasteiger partial charge on any atom is 0.352 e. The van der Waals surface area contributed by atoms with Gasteiger partial charge in [-0.3, -0.25) is 0 Å². The summed E-state index contributed by atoms with van der Waals surface area (Å²) in [5, 5.41) is 19.5. The highest BCUT2D eigenvalue weighted by Crippen LogP contribution is 2.33. The fourth-order valence-electron chi connectivity index (χ4n) is 2.28. The highest BCUT2D eigenvalue weighted by atomic mass is 16.5. The average molecular weight is 300 g/mol. The van der Waals surface area contributed by atoms with Gasteiger partial charge in [0.25, 0.3) is 0 Å². The number of aromatic hydroxyl groups is 1. The molecule has 0 amide bonds. The van der Waals surface area contributed by atoms with Gasteiger partial charge in [0.15, 0.2) is 0 Å². The van der Waals surface area contributed by atoms with Gasteiger partial charge in [0.2, 0.25) is 5.60 Å². The Morgan fingerprint density at radius 1 is 1.14 bits per heavy atom. The van der Waals surface area contributed by atoms with Gasteiger partial charge < -0.3 is 14.9 Å². The first-order chi connectivity index (χ1) is 10.3. The van der Waals surface area contributed by atoms with Crippen LogP contribution in [0.4, 0.5) is 0 Å². The third-order valence-electron chi connectivity index (χ3n) is 3.68. The lowest BCUT2D eigenvalue weighted by Crippen LogP contribution is -2.38. The molecule has 4 nitrogen and oxygen atoms in total. The Kier molecular flexibility index (Phi) is 4.40. The first-order valence-electron chi connectivity index (χ1n) is 7.15. The van der Waals surface area contributed by atoms with E-state index in [0.717, 1.165) is 5.56 Å². The summed E-state index contributed by atoms with van der Waals surface area (Å²) in [7, 11) is 0. The van der Waals surface area contributed by atoms with Crippen LogP contribution in [0.2, 0.25) is 0 Å². The fourth-order valence-corrected chi connectivity index (χ4v) is 2.28. The number of carbonyl (C=O) groups is 1. The van der Waals surface area contributed by atoms with E-state index in [4.69, 9.17) is 4.74 Å². The van der Waals surface area contributed by atoms with Gasteiger partial charge in [-0.05, 0) is 31.0 Å². The number of hydrogen-bond acceptors (Lipinski definition) is 3. The van der Waals surface area contributed by atoms with E-state index in [2.05, 4.69) is 0 Å². The standard InChI is InChI=1S/C18H20O4/c1-12(2)15-11-14(9-10-16(15)19)22-18(3,17(20)21)13-7-5-4-6-8-13/h4-12,19H,1-3H3,(H,20,21).